The van der Waals surface area contributed by atoms with Gasteiger partial charge in [-0.3, -0.25) is 14.5 Å². The van der Waals surface area contributed by atoms with Crippen LogP contribution in [0.2, 0.25) is 0 Å². The van der Waals surface area contributed by atoms with Crippen LogP contribution in [0.4, 0.5) is 0 Å². The van der Waals surface area contributed by atoms with Gasteiger partial charge in [0.25, 0.3) is 0 Å². The van der Waals surface area contributed by atoms with Gasteiger partial charge in [0.15, 0.2) is 0 Å². The Kier molecular flexibility index (Phi) is 9.96. The van der Waals surface area contributed by atoms with Crippen LogP contribution >= 0.6 is 0 Å². The van der Waals surface area contributed by atoms with Crippen LogP contribution < -0.4 is 16.0 Å². The Morgan fingerprint density at radius 2 is 1.44 bits per heavy atom. The summed E-state index contributed by atoms with van der Waals surface area (Å²) in [7, 11) is 1.35. The van der Waals surface area contributed by atoms with Crippen molar-refractivity contribution < 1.29 is 19.1 Å². The summed E-state index contributed by atoms with van der Waals surface area (Å²) >= 11 is 0. The lowest BCUT2D eigenvalue weighted by molar-refractivity contribution is -0.161. The van der Waals surface area contributed by atoms with Crippen LogP contribution in [-0.4, -0.2) is 87.9 Å². The van der Waals surface area contributed by atoms with Gasteiger partial charge in [0.05, 0.1) is 13.5 Å². The van der Waals surface area contributed by atoms with E-state index >= 15 is 0 Å². The van der Waals surface area contributed by atoms with Crippen molar-refractivity contribution in [2.45, 2.75) is 38.8 Å². The Balaban J connectivity index is 2.73. The van der Waals surface area contributed by atoms with Crippen molar-refractivity contribution in [2.24, 2.45) is 0 Å². The zero-order valence-electron chi connectivity index (χ0n) is 16.0. The Morgan fingerprint density at radius 1 is 0.960 bits per heavy atom. The first-order valence-electron chi connectivity index (χ1n) is 8.99. The Labute approximate surface area is 151 Å². The van der Waals surface area contributed by atoms with Gasteiger partial charge in [0.1, 0.15) is 11.6 Å². The first kappa shape index (κ1) is 21.8. The van der Waals surface area contributed by atoms with Gasteiger partial charge in [-0.2, -0.15) is 0 Å². The fourth-order valence-electron chi connectivity index (χ4n) is 2.64. The number of hydrogen-bond donors (Lipinski definition) is 3. The maximum Gasteiger partial charge on any atom is 0.323 e. The van der Waals surface area contributed by atoms with E-state index in [4.69, 9.17) is 9.47 Å². The molecular formula is C17H34N4O4. The molecule has 0 spiro atoms. The first-order chi connectivity index (χ1) is 11.8. The monoisotopic (exact) mass is 358 g/mol. The van der Waals surface area contributed by atoms with Crippen molar-refractivity contribution in [3.05, 3.63) is 0 Å². The Hall–Kier alpha value is -1.22. The molecule has 1 heterocycles. The van der Waals surface area contributed by atoms with E-state index in [9.17, 15) is 9.59 Å². The first-order valence-corrected chi connectivity index (χ1v) is 8.99. The number of rotatable bonds is 4. The summed E-state index contributed by atoms with van der Waals surface area (Å²) in [5, 5.41) is 10.0. The van der Waals surface area contributed by atoms with E-state index < -0.39 is 17.6 Å². The molecule has 0 radical (unpaired) electrons. The molecule has 25 heavy (non-hydrogen) atoms. The third-order valence-electron chi connectivity index (χ3n) is 3.80. The van der Waals surface area contributed by atoms with Crippen LogP contribution in [0.5, 0.6) is 0 Å². The molecule has 1 saturated heterocycles. The third kappa shape index (κ3) is 9.74. The molecule has 1 atom stereocenters. The van der Waals surface area contributed by atoms with E-state index in [-0.39, 0.29) is 12.4 Å². The molecule has 1 rings (SSSR count). The van der Waals surface area contributed by atoms with Crippen molar-refractivity contribution >= 4 is 11.9 Å². The minimum Gasteiger partial charge on any atom is -0.468 e. The van der Waals surface area contributed by atoms with E-state index in [1.165, 1.54) is 7.11 Å². The van der Waals surface area contributed by atoms with Crippen LogP contribution in [0.3, 0.4) is 0 Å². The van der Waals surface area contributed by atoms with E-state index in [1.807, 2.05) is 25.7 Å². The predicted molar refractivity (Wildman–Crippen MR) is 96.4 cm³/mol. The quantitative estimate of drug-likeness (QED) is 0.571. The minimum atomic E-state index is -0.635. The second-order valence-corrected chi connectivity index (χ2v) is 7.12. The SMILES string of the molecule is COC(=O)[C@@H](CC(=O)OC(C)(C)C)N1CCNCCNCCNCC1. The number of nitrogens with zero attached hydrogens (tertiary/aromatic N) is 1. The van der Waals surface area contributed by atoms with Gasteiger partial charge >= 0.3 is 11.9 Å². The fraction of sp³-hybridized carbons (Fsp3) is 0.882. The molecule has 0 aromatic rings. The van der Waals surface area contributed by atoms with Gasteiger partial charge in [-0.25, -0.2) is 0 Å². The highest BCUT2D eigenvalue weighted by Gasteiger charge is 2.31. The zero-order valence-corrected chi connectivity index (χ0v) is 16.0. The minimum absolute atomic E-state index is 0.00843. The lowest BCUT2D eigenvalue weighted by atomic mass is 10.1. The average molecular weight is 358 g/mol. The lowest BCUT2D eigenvalue weighted by Gasteiger charge is -2.30. The number of esters is 2. The maximum atomic E-state index is 12.3. The van der Waals surface area contributed by atoms with Gasteiger partial charge in [-0.1, -0.05) is 0 Å². The topological polar surface area (TPSA) is 91.9 Å². The van der Waals surface area contributed by atoms with Crippen molar-refractivity contribution in [1.29, 1.82) is 0 Å². The normalized spacial score (nSPS) is 20.0. The summed E-state index contributed by atoms with van der Waals surface area (Å²) in [5.41, 5.74) is -0.574. The molecule has 0 bridgehead atoms. The molecule has 3 N–H and O–H groups in total. The van der Waals surface area contributed by atoms with Crippen molar-refractivity contribution in [1.82, 2.24) is 20.9 Å². The van der Waals surface area contributed by atoms with Crippen LogP contribution in [0.25, 0.3) is 0 Å². The summed E-state index contributed by atoms with van der Waals surface area (Å²) < 4.78 is 10.3. The predicted octanol–water partition coefficient (Wildman–Crippen LogP) is -0.656. The summed E-state index contributed by atoms with van der Waals surface area (Å²) in [6.07, 6.45) is -0.00843. The van der Waals surface area contributed by atoms with Crippen molar-refractivity contribution in [3.8, 4) is 0 Å². The number of nitrogens with one attached hydrogen (secondary N) is 3. The van der Waals surface area contributed by atoms with E-state index in [0.717, 1.165) is 39.3 Å². The van der Waals surface area contributed by atoms with E-state index in [2.05, 4.69) is 16.0 Å². The van der Waals surface area contributed by atoms with Crippen molar-refractivity contribution in [2.75, 3.05) is 59.5 Å². The largest absolute Gasteiger partial charge is 0.468 e. The fourth-order valence-corrected chi connectivity index (χ4v) is 2.64. The van der Waals surface area contributed by atoms with Crippen LogP contribution in [0, 0.1) is 0 Å². The number of hydrogen-bond acceptors (Lipinski definition) is 8. The number of ether oxygens (including phenoxy) is 2. The highest BCUT2D eigenvalue weighted by atomic mass is 16.6. The van der Waals surface area contributed by atoms with Gasteiger partial charge in [-0.05, 0) is 20.8 Å². The summed E-state index contributed by atoms with van der Waals surface area (Å²) in [6.45, 7) is 11.8. The molecule has 0 aliphatic carbocycles. The average Bonchev–Trinajstić information content (AvgIpc) is 2.51. The van der Waals surface area contributed by atoms with Gasteiger partial charge in [-0.15, -0.1) is 0 Å². The highest BCUT2D eigenvalue weighted by Crippen LogP contribution is 2.13. The van der Waals surface area contributed by atoms with E-state index in [0.29, 0.717) is 13.1 Å². The Morgan fingerprint density at radius 3 is 1.88 bits per heavy atom. The highest BCUT2D eigenvalue weighted by molar-refractivity contribution is 5.82. The van der Waals surface area contributed by atoms with E-state index in [1.54, 1.807) is 0 Å². The van der Waals surface area contributed by atoms with Crippen LogP contribution in [0.15, 0.2) is 0 Å². The molecule has 0 aromatic carbocycles. The summed E-state index contributed by atoms with van der Waals surface area (Å²) in [4.78, 5) is 26.5. The molecule has 8 heteroatoms. The second kappa shape index (κ2) is 11.4. The zero-order chi connectivity index (χ0) is 18.7. The smallest absolute Gasteiger partial charge is 0.323 e. The van der Waals surface area contributed by atoms with Crippen LogP contribution in [0.1, 0.15) is 27.2 Å². The Bertz CT molecular complexity index is 400. The van der Waals surface area contributed by atoms with Crippen molar-refractivity contribution in [3.63, 3.8) is 0 Å². The molecule has 8 nitrogen and oxygen atoms in total. The molecule has 1 aliphatic heterocycles. The second-order valence-electron chi connectivity index (χ2n) is 7.12. The molecule has 0 unspecified atom stereocenters. The lowest BCUT2D eigenvalue weighted by Crippen LogP contribution is -2.50. The number of carbonyl (C=O) groups excluding carboxylic acids is 2. The van der Waals surface area contributed by atoms with Gasteiger partial charge in [0.2, 0.25) is 0 Å². The molecule has 1 fully saturated rings. The van der Waals surface area contributed by atoms with Crippen LogP contribution in [-0.2, 0) is 19.1 Å². The molecular weight excluding hydrogens is 324 g/mol. The standard InChI is InChI=1S/C17H34N4O4/c1-17(2,3)25-15(22)13-14(16(23)24-4)21-11-9-19-7-5-18-6-8-20-10-12-21/h14,18-20H,5-13H2,1-4H3/t14-/m1/s1. The molecule has 146 valence electrons. The molecule has 1 aliphatic rings. The van der Waals surface area contributed by atoms with Gasteiger partial charge < -0.3 is 25.4 Å². The number of carbonyl (C=O) groups is 2. The third-order valence-corrected chi connectivity index (χ3v) is 3.80. The molecule has 0 saturated carbocycles. The molecule has 0 amide bonds. The maximum absolute atomic E-state index is 12.3. The van der Waals surface area contributed by atoms with Gasteiger partial charge in [0, 0.05) is 52.4 Å². The summed E-state index contributed by atoms with van der Waals surface area (Å²) in [5.74, 6) is -0.793. The number of methoxy groups -OCH3 is 1. The summed E-state index contributed by atoms with van der Waals surface area (Å²) in [6, 6.07) is -0.635. The molecule has 0 aromatic heterocycles.